The number of ketones is 1. The number of carbonyl (C=O) groups is 3. The summed E-state index contributed by atoms with van der Waals surface area (Å²) in [5.74, 6) is -0.883. The lowest BCUT2D eigenvalue weighted by molar-refractivity contribution is -0.116. The molecule has 2 aromatic rings. The Labute approximate surface area is 150 Å². The van der Waals surface area contributed by atoms with Crippen LogP contribution in [0, 0.1) is 20.8 Å². The fourth-order valence-electron chi connectivity index (χ4n) is 2.20. The van der Waals surface area contributed by atoms with Crippen molar-refractivity contribution in [3.05, 3.63) is 45.5 Å². The Morgan fingerprint density at radius 1 is 1.12 bits per heavy atom. The van der Waals surface area contributed by atoms with Gasteiger partial charge in [0.15, 0.2) is 10.9 Å². The predicted octanol–water partition coefficient (Wildman–Crippen LogP) is 3.46. The van der Waals surface area contributed by atoms with Gasteiger partial charge in [-0.1, -0.05) is 23.5 Å². The molecule has 0 aliphatic rings. The molecule has 0 atom stereocenters. The molecule has 7 heteroatoms. The smallest absolute Gasteiger partial charge is 0.350 e. The van der Waals surface area contributed by atoms with Gasteiger partial charge in [0, 0.05) is 18.4 Å². The molecule has 0 radical (unpaired) electrons. The first-order valence-corrected chi connectivity index (χ1v) is 8.59. The number of hydrogen-bond donors (Lipinski definition) is 1. The number of hydrogen-bond acceptors (Lipinski definition) is 6. The van der Waals surface area contributed by atoms with E-state index in [-0.39, 0.29) is 24.5 Å². The number of ether oxygens (including phenoxy) is 1. The maximum Gasteiger partial charge on any atom is 0.350 e. The van der Waals surface area contributed by atoms with Crippen LogP contribution in [0.3, 0.4) is 0 Å². The Morgan fingerprint density at radius 3 is 2.48 bits per heavy atom. The maximum atomic E-state index is 12.2. The average Bonchev–Trinajstić information content (AvgIpc) is 2.94. The van der Waals surface area contributed by atoms with E-state index in [1.54, 1.807) is 13.0 Å². The highest BCUT2D eigenvalue weighted by atomic mass is 32.1. The van der Waals surface area contributed by atoms with Crippen molar-refractivity contribution < 1.29 is 19.1 Å². The number of amides is 1. The van der Waals surface area contributed by atoms with Crippen LogP contribution in [0.4, 0.5) is 5.13 Å². The first kappa shape index (κ1) is 18.8. The molecule has 1 aromatic heterocycles. The van der Waals surface area contributed by atoms with E-state index in [2.05, 4.69) is 15.0 Å². The van der Waals surface area contributed by atoms with E-state index >= 15 is 0 Å². The number of nitrogens with one attached hydrogen (secondary N) is 1. The third-order valence-corrected chi connectivity index (χ3v) is 4.87. The molecule has 0 spiro atoms. The summed E-state index contributed by atoms with van der Waals surface area (Å²) >= 11 is 1.05. The number of anilines is 1. The zero-order valence-corrected chi connectivity index (χ0v) is 15.5. The number of nitrogens with zero attached hydrogens (tertiary/aromatic N) is 1. The van der Waals surface area contributed by atoms with Crippen molar-refractivity contribution in [3.63, 3.8) is 0 Å². The normalized spacial score (nSPS) is 10.4. The van der Waals surface area contributed by atoms with Gasteiger partial charge in [-0.3, -0.25) is 9.59 Å². The molecule has 0 unspecified atom stereocenters. The molecule has 2 rings (SSSR count). The van der Waals surface area contributed by atoms with Crippen molar-refractivity contribution in [1.29, 1.82) is 0 Å². The van der Waals surface area contributed by atoms with Gasteiger partial charge in [0.2, 0.25) is 5.91 Å². The van der Waals surface area contributed by atoms with Crippen molar-refractivity contribution in [2.75, 3.05) is 12.4 Å². The molecule has 0 aliphatic carbocycles. The van der Waals surface area contributed by atoms with Crippen LogP contribution >= 0.6 is 11.3 Å². The van der Waals surface area contributed by atoms with E-state index in [1.165, 1.54) is 7.11 Å². The third-order valence-electron chi connectivity index (χ3n) is 3.82. The largest absolute Gasteiger partial charge is 0.465 e. The van der Waals surface area contributed by atoms with Gasteiger partial charge in [-0.2, -0.15) is 0 Å². The van der Waals surface area contributed by atoms with E-state index in [9.17, 15) is 14.4 Å². The Balaban J connectivity index is 1.93. The van der Waals surface area contributed by atoms with Crippen molar-refractivity contribution in [3.8, 4) is 0 Å². The molecule has 25 heavy (non-hydrogen) atoms. The van der Waals surface area contributed by atoms with Crippen molar-refractivity contribution in [1.82, 2.24) is 4.98 Å². The fourth-order valence-corrected chi connectivity index (χ4v) is 3.10. The highest BCUT2D eigenvalue weighted by molar-refractivity contribution is 7.17. The number of thiazole rings is 1. The van der Waals surface area contributed by atoms with Crippen molar-refractivity contribution in [2.45, 2.75) is 33.6 Å². The van der Waals surface area contributed by atoms with Crippen LogP contribution in [0.5, 0.6) is 0 Å². The van der Waals surface area contributed by atoms with Crippen molar-refractivity contribution in [2.24, 2.45) is 0 Å². The van der Waals surface area contributed by atoms with Gasteiger partial charge in [0.25, 0.3) is 0 Å². The monoisotopic (exact) mass is 360 g/mol. The van der Waals surface area contributed by atoms with Gasteiger partial charge < -0.3 is 10.1 Å². The summed E-state index contributed by atoms with van der Waals surface area (Å²) in [6, 6.07) is 5.51. The fraction of sp³-hybridized carbons (Fsp3) is 0.333. The number of methoxy groups -OCH3 is 1. The van der Waals surface area contributed by atoms with Crippen LogP contribution in [-0.2, 0) is 9.53 Å². The molecule has 0 saturated heterocycles. The quantitative estimate of drug-likeness (QED) is 0.630. The van der Waals surface area contributed by atoms with Crippen LogP contribution in [0.2, 0.25) is 0 Å². The Bertz CT molecular complexity index is 826. The average molecular weight is 360 g/mol. The summed E-state index contributed by atoms with van der Waals surface area (Å²) in [6.07, 6.45) is 0.167. The topological polar surface area (TPSA) is 85.4 Å². The maximum absolute atomic E-state index is 12.2. The number of aryl methyl sites for hydroxylation is 3. The van der Waals surface area contributed by atoms with E-state index in [0.29, 0.717) is 21.3 Å². The Morgan fingerprint density at radius 2 is 1.84 bits per heavy atom. The molecule has 1 N–H and O–H groups in total. The van der Waals surface area contributed by atoms with Crippen molar-refractivity contribution >= 4 is 34.1 Å². The van der Waals surface area contributed by atoms with Gasteiger partial charge >= 0.3 is 5.97 Å². The Kier molecular flexibility index (Phi) is 6.03. The van der Waals surface area contributed by atoms with Gasteiger partial charge in [-0.25, -0.2) is 9.78 Å². The highest BCUT2D eigenvalue weighted by Gasteiger charge is 2.17. The molecule has 0 aliphatic heterocycles. The predicted molar refractivity (Wildman–Crippen MR) is 96.3 cm³/mol. The molecule has 0 fully saturated rings. The zero-order chi connectivity index (χ0) is 18.6. The molecule has 0 bridgehead atoms. The summed E-state index contributed by atoms with van der Waals surface area (Å²) in [5.41, 5.74) is 3.27. The molecule has 132 valence electrons. The molecular weight excluding hydrogens is 340 g/mol. The second-order valence-corrected chi connectivity index (χ2v) is 6.69. The number of aromatic nitrogens is 1. The molecule has 1 heterocycles. The summed E-state index contributed by atoms with van der Waals surface area (Å²) in [7, 11) is 1.29. The molecular formula is C18H20N2O4S. The lowest BCUT2D eigenvalue weighted by atomic mass is 10.0. The number of Topliss-reactive ketones (excluding diaryl/α,β-unsaturated/α-hetero) is 1. The minimum absolute atomic E-state index is 0.0535. The highest BCUT2D eigenvalue weighted by Crippen LogP contribution is 2.23. The van der Waals surface area contributed by atoms with Crippen LogP contribution < -0.4 is 5.32 Å². The minimum Gasteiger partial charge on any atom is -0.465 e. The van der Waals surface area contributed by atoms with E-state index in [0.717, 1.165) is 22.5 Å². The SMILES string of the molecule is COC(=O)c1sc(NC(=O)CCC(=O)c2ccc(C)c(C)c2)nc1C. The van der Waals surface area contributed by atoms with E-state index in [4.69, 9.17) is 0 Å². The molecule has 6 nitrogen and oxygen atoms in total. The first-order chi connectivity index (χ1) is 11.8. The standard InChI is InChI=1S/C18H20N2O4S/c1-10-5-6-13(9-11(10)2)14(21)7-8-15(22)20-18-19-12(3)16(25-18)17(23)24-4/h5-6,9H,7-8H2,1-4H3,(H,19,20,22). The lowest BCUT2D eigenvalue weighted by Gasteiger charge is -2.05. The third kappa shape index (κ3) is 4.73. The van der Waals surface area contributed by atoms with Gasteiger partial charge in [-0.05, 0) is 38.0 Å². The second kappa shape index (κ2) is 8.02. The zero-order valence-electron chi connectivity index (χ0n) is 14.6. The van der Waals surface area contributed by atoms with Crippen LogP contribution in [-0.4, -0.2) is 29.8 Å². The number of esters is 1. The number of benzene rings is 1. The van der Waals surface area contributed by atoms with Gasteiger partial charge in [-0.15, -0.1) is 0 Å². The molecule has 1 amide bonds. The minimum atomic E-state index is -0.486. The first-order valence-electron chi connectivity index (χ1n) is 7.78. The summed E-state index contributed by atoms with van der Waals surface area (Å²) in [5, 5.41) is 2.94. The van der Waals surface area contributed by atoms with Gasteiger partial charge in [0.1, 0.15) is 4.88 Å². The lowest BCUT2D eigenvalue weighted by Crippen LogP contribution is -2.13. The second-order valence-electron chi connectivity index (χ2n) is 5.70. The Hall–Kier alpha value is -2.54. The van der Waals surface area contributed by atoms with E-state index < -0.39 is 5.97 Å². The summed E-state index contributed by atoms with van der Waals surface area (Å²) < 4.78 is 4.66. The summed E-state index contributed by atoms with van der Waals surface area (Å²) in [4.78, 5) is 40.2. The molecule has 1 aromatic carbocycles. The van der Waals surface area contributed by atoms with Crippen LogP contribution in [0.15, 0.2) is 18.2 Å². The molecule has 0 saturated carbocycles. The summed E-state index contributed by atoms with van der Waals surface area (Å²) in [6.45, 7) is 5.60. The number of rotatable bonds is 6. The van der Waals surface area contributed by atoms with Crippen LogP contribution in [0.25, 0.3) is 0 Å². The van der Waals surface area contributed by atoms with Gasteiger partial charge in [0.05, 0.1) is 12.8 Å². The number of carbonyl (C=O) groups excluding carboxylic acids is 3. The van der Waals surface area contributed by atoms with Crippen LogP contribution in [0.1, 0.15) is 49.7 Å². The van der Waals surface area contributed by atoms with E-state index in [1.807, 2.05) is 26.0 Å².